The Bertz CT molecular complexity index is 555. The number of benzene rings is 1. The van der Waals surface area contributed by atoms with Crippen LogP contribution in [0, 0.1) is 0 Å². The Morgan fingerprint density at radius 3 is 2.83 bits per heavy atom. The quantitative estimate of drug-likeness (QED) is 0.882. The summed E-state index contributed by atoms with van der Waals surface area (Å²) in [5.41, 5.74) is 1.82. The normalized spacial score (nSPS) is 18.2. The minimum atomic E-state index is -0.714. The summed E-state index contributed by atoms with van der Waals surface area (Å²) in [6, 6.07) is 9.35. The minimum absolute atomic E-state index is 0.156. The fourth-order valence-corrected chi connectivity index (χ4v) is 2.41. The highest BCUT2D eigenvalue weighted by Crippen LogP contribution is 2.37. The third-order valence-corrected chi connectivity index (χ3v) is 3.22. The Morgan fingerprint density at radius 1 is 1.28 bits per heavy atom. The van der Waals surface area contributed by atoms with Crippen LogP contribution in [-0.4, -0.2) is 10.7 Å². The van der Waals surface area contributed by atoms with E-state index in [1.54, 1.807) is 18.4 Å². The highest BCUT2D eigenvalue weighted by molar-refractivity contribution is 5.43. The first-order valence-electron chi connectivity index (χ1n) is 6.08. The molecule has 0 spiro atoms. The third-order valence-electron chi connectivity index (χ3n) is 3.22. The summed E-state index contributed by atoms with van der Waals surface area (Å²) in [4.78, 5) is 0. The summed E-state index contributed by atoms with van der Waals surface area (Å²) in [6.07, 6.45) is 1.72. The van der Waals surface area contributed by atoms with Crippen LogP contribution in [0.3, 0.4) is 0 Å². The second-order valence-electron chi connectivity index (χ2n) is 5.32. The molecule has 1 aliphatic rings. The molecule has 2 heterocycles. The molecule has 0 saturated heterocycles. The zero-order chi connectivity index (χ0) is 12.8. The van der Waals surface area contributed by atoms with Crippen LogP contribution in [0.15, 0.2) is 41.0 Å². The lowest BCUT2D eigenvalue weighted by Crippen LogP contribution is -2.24. The lowest BCUT2D eigenvalue weighted by atomic mass is 9.98. The van der Waals surface area contributed by atoms with Gasteiger partial charge in [-0.25, -0.2) is 0 Å². The van der Waals surface area contributed by atoms with Crippen LogP contribution in [0.5, 0.6) is 5.75 Å². The van der Waals surface area contributed by atoms with Crippen molar-refractivity contribution < 1.29 is 14.3 Å². The summed E-state index contributed by atoms with van der Waals surface area (Å²) in [5.74, 6) is 1.48. The van der Waals surface area contributed by atoms with Gasteiger partial charge in [-0.1, -0.05) is 6.07 Å². The van der Waals surface area contributed by atoms with Crippen molar-refractivity contribution in [2.75, 3.05) is 0 Å². The van der Waals surface area contributed by atoms with Gasteiger partial charge in [0.2, 0.25) is 0 Å². The van der Waals surface area contributed by atoms with Crippen molar-refractivity contribution in [1.29, 1.82) is 0 Å². The zero-order valence-electron chi connectivity index (χ0n) is 10.5. The number of ether oxygens (including phenoxy) is 1. The van der Waals surface area contributed by atoms with E-state index in [2.05, 4.69) is 13.8 Å². The van der Waals surface area contributed by atoms with Crippen molar-refractivity contribution in [2.45, 2.75) is 32.0 Å². The summed E-state index contributed by atoms with van der Waals surface area (Å²) < 4.78 is 11.0. The average Bonchev–Trinajstić information content (AvgIpc) is 2.91. The third kappa shape index (κ3) is 1.91. The van der Waals surface area contributed by atoms with Crippen molar-refractivity contribution in [3.05, 3.63) is 53.5 Å². The summed E-state index contributed by atoms with van der Waals surface area (Å²) in [6.45, 7) is 4.13. The molecule has 1 aromatic heterocycles. The number of aliphatic hydroxyl groups is 1. The van der Waals surface area contributed by atoms with Crippen LogP contribution in [0.1, 0.15) is 36.8 Å². The molecule has 18 heavy (non-hydrogen) atoms. The van der Waals surface area contributed by atoms with E-state index in [0.717, 1.165) is 23.3 Å². The van der Waals surface area contributed by atoms with Crippen LogP contribution in [0.4, 0.5) is 0 Å². The Morgan fingerprint density at radius 2 is 2.11 bits per heavy atom. The fourth-order valence-electron chi connectivity index (χ4n) is 2.41. The van der Waals surface area contributed by atoms with Gasteiger partial charge in [-0.05, 0) is 49.2 Å². The van der Waals surface area contributed by atoms with E-state index in [9.17, 15) is 5.11 Å². The van der Waals surface area contributed by atoms with Gasteiger partial charge >= 0.3 is 0 Å². The lowest BCUT2D eigenvalue weighted by molar-refractivity contribution is 0.138. The smallest absolute Gasteiger partial charge is 0.137 e. The molecule has 2 aromatic rings. The maximum Gasteiger partial charge on any atom is 0.137 e. The fraction of sp³-hybridized carbons (Fsp3) is 0.333. The van der Waals surface area contributed by atoms with Gasteiger partial charge in [0, 0.05) is 6.42 Å². The second-order valence-corrected chi connectivity index (χ2v) is 5.32. The molecule has 1 N–H and O–H groups in total. The van der Waals surface area contributed by atoms with E-state index in [4.69, 9.17) is 9.15 Å². The molecular weight excluding hydrogens is 228 g/mol. The molecule has 94 valence electrons. The Hall–Kier alpha value is -1.74. The van der Waals surface area contributed by atoms with Gasteiger partial charge < -0.3 is 14.3 Å². The summed E-state index contributed by atoms with van der Waals surface area (Å²) in [5, 5.41) is 10.2. The van der Waals surface area contributed by atoms with Crippen LogP contribution < -0.4 is 4.74 Å². The van der Waals surface area contributed by atoms with Crippen molar-refractivity contribution in [1.82, 2.24) is 0 Å². The summed E-state index contributed by atoms with van der Waals surface area (Å²) >= 11 is 0. The van der Waals surface area contributed by atoms with Crippen molar-refractivity contribution in [3.63, 3.8) is 0 Å². The highest BCUT2D eigenvalue weighted by Gasteiger charge is 2.30. The molecule has 0 bridgehead atoms. The number of furan rings is 1. The average molecular weight is 244 g/mol. The summed E-state index contributed by atoms with van der Waals surface area (Å²) in [7, 11) is 0. The van der Waals surface area contributed by atoms with Gasteiger partial charge in [0.1, 0.15) is 23.2 Å². The van der Waals surface area contributed by atoms with Gasteiger partial charge in [0.05, 0.1) is 6.26 Å². The molecule has 0 radical (unpaired) electrons. The number of hydrogen-bond acceptors (Lipinski definition) is 3. The van der Waals surface area contributed by atoms with Crippen LogP contribution in [0.2, 0.25) is 0 Å². The molecule has 1 aromatic carbocycles. The van der Waals surface area contributed by atoms with E-state index >= 15 is 0 Å². The predicted molar refractivity (Wildman–Crippen MR) is 67.6 cm³/mol. The molecular formula is C15H16O3. The van der Waals surface area contributed by atoms with Gasteiger partial charge in [0.15, 0.2) is 0 Å². The van der Waals surface area contributed by atoms with Crippen molar-refractivity contribution in [2.24, 2.45) is 0 Å². The van der Waals surface area contributed by atoms with E-state index in [1.165, 1.54) is 0 Å². The van der Waals surface area contributed by atoms with Crippen molar-refractivity contribution >= 4 is 0 Å². The van der Waals surface area contributed by atoms with E-state index in [0.29, 0.717) is 5.76 Å². The van der Waals surface area contributed by atoms with E-state index in [1.807, 2.05) is 18.2 Å². The molecule has 3 rings (SSSR count). The first-order valence-corrected chi connectivity index (χ1v) is 6.08. The minimum Gasteiger partial charge on any atom is -0.487 e. The molecule has 1 atom stereocenters. The van der Waals surface area contributed by atoms with Crippen LogP contribution >= 0.6 is 0 Å². The maximum absolute atomic E-state index is 10.2. The predicted octanol–water partition coefficient (Wildman–Crippen LogP) is 3.07. The van der Waals surface area contributed by atoms with Crippen LogP contribution in [0.25, 0.3) is 0 Å². The Balaban J connectivity index is 1.93. The second kappa shape index (κ2) is 3.89. The number of rotatable bonds is 2. The van der Waals surface area contributed by atoms with E-state index in [-0.39, 0.29) is 5.60 Å². The SMILES string of the molecule is CC1(C)Cc2cc(C(O)c3ccco3)ccc2O1. The Labute approximate surface area is 106 Å². The molecule has 0 amide bonds. The van der Waals surface area contributed by atoms with Gasteiger partial charge in [-0.2, -0.15) is 0 Å². The molecule has 0 aliphatic carbocycles. The zero-order valence-corrected chi connectivity index (χ0v) is 10.5. The Kier molecular flexibility index (Phi) is 2.45. The molecule has 1 unspecified atom stereocenters. The first-order chi connectivity index (χ1) is 8.55. The molecule has 0 fully saturated rings. The monoisotopic (exact) mass is 244 g/mol. The molecule has 3 nitrogen and oxygen atoms in total. The topological polar surface area (TPSA) is 42.6 Å². The first kappa shape index (κ1) is 11.4. The number of fused-ring (bicyclic) bond motifs is 1. The maximum atomic E-state index is 10.2. The molecule has 3 heteroatoms. The van der Waals surface area contributed by atoms with Gasteiger partial charge in [0.25, 0.3) is 0 Å². The standard InChI is InChI=1S/C15H16O3/c1-15(2)9-11-8-10(5-6-12(11)18-15)14(16)13-4-3-7-17-13/h3-8,14,16H,9H2,1-2H3. The molecule has 0 saturated carbocycles. The van der Waals surface area contributed by atoms with E-state index < -0.39 is 6.10 Å². The largest absolute Gasteiger partial charge is 0.487 e. The van der Waals surface area contributed by atoms with Crippen LogP contribution in [-0.2, 0) is 6.42 Å². The highest BCUT2D eigenvalue weighted by atomic mass is 16.5. The number of hydrogen-bond donors (Lipinski definition) is 1. The van der Waals surface area contributed by atoms with Gasteiger partial charge in [-0.15, -0.1) is 0 Å². The molecule has 1 aliphatic heterocycles. The number of aliphatic hydroxyl groups excluding tert-OH is 1. The van der Waals surface area contributed by atoms with Gasteiger partial charge in [-0.3, -0.25) is 0 Å². The van der Waals surface area contributed by atoms with Crippen molar-refractivity contribution in [3.8, 4) is 5.75 Å². The lowest BCUT2D eigenvalue weighted by Gasteiger charge is -2.16.